The lowest BCUT2D eigenvalue weighted by atomic mass is 10.2. The van der Waals surface area contributed by atoms with Crippen molar-refractivity contribution in [1.82, 2.24) is 0 Å². The molecule has 0 bridgehead atoms. The summed E-state index contributed by atoms with van der Waals surface area (Å²) in [6, 6.07) is 26.7. The molecule has 110 valence electrons. The van der Waals surface area contributed by atoms with Gasteiger partial charge in [0.05, 0.1) is 0 Å². The molecule has 0 aliphatic rings. The fraction of sp³-hybridized carbons (Fsp3) is 0.0526. The van der Waals surface area contributed by atoms with E-state index in [9.17, 15) is 0 Å². The normalized spacial score (nSPS) is 10.2. The molecule has 0 atom stereocenters. The molecular formula is C19H17BrN2. The Morgan fingerprint density at radius 1 is 0.636 bits per heavy atom. The maximum Gasteiger partial charge on any atom is 0.0411 e. The first-order valence-electron chi connectivity index (χ1n) is 7.21. The van der Waals surface area contributed by atoms with Gasteiger partial charge in [-0.05, 0) is 48.0 Å². The van der Waals surface area contributed by atoms with E-state index in [1.54, 1.807) is 0 Å². The van der Waals surface area contributed by atoms with Crippen LogP contribution in [0.15, 0.2) is 83.3 Å². The molecule has 0 spiro atoms. The third kappa shape index (κ3) is 3.89. The first-order valence-corrected chi connectivity index (χ1v) is 8.00. The second-order valence-corrected chi connectivity index (χ2v) is 5.87. The maximum atomic E-state index is 3.57. The van der Waals surface area contributed by atoms with Crippen molar-refractivity contribution in [3.8, 4) is 0 Å². The summed E-state index contributed by atoms with van der Waals surface area (Å²) in [6.07, 6.45) is 0. The highest BCUT2D eigenvalue weighted by Crippen LogP contribution is 2.20. The van der Waals surface area contributed by atoms with Crippen molar-refractivity contribution >= 4 is 33.0 Å². The topological polar surface area (TPSA) is 24.1 Å². The third-order valence-electron chi connectivity index (χ3n) is 3.39. The Morgan fingerprint density at radius 2 is 1.23 bits per heavy atom. The number of hydrogen-bond acceptors (Lipinski definition) is 2. The van der Waals surface area contributed by atoms with E-state index in [0.29, 0.717) is 0 Å². The van der Waals surface area contributed by atoms with E-state index in [1.165, 1.54) is 5.56 Å². The molecule has 0 radical (unpaired) electrons. The molecule has 0 amide bonds. The van der Waals surface area contributed by atoms with Gasteiger partial charge in [0, 0.05) is 28.1 Å². The molecule has 0 saturated carbocycles. The number of benzene rings is 3. The fourth-order valence-electron chi connectivity index (χ4n) is 2.20. The predicted octanol–water partition coefficient (Wildman–Crippen LogP) is 5.80. The van der Waals surface area contributed by atoms with Crippen molar-refractivity contribution in [2.75, 3.05) is 10.6 Å². The molecule has 0 aliphatic heterocycles. The highest BCUT2D eigenvalue weighted by atomic mass is 79.9. The Kier molecular flexibility index (Phi) is 4.76. The SMILES string of the molecule is Brc1ccccc1CNc1ccc(Nc2ccccc2)cc1. The van der Waals surface area contributed by atoms with Gasteiger partial charge < -0.3 is 10.6 Å². The average molecular weight is 353 g/mol. The van der Waals surface area contributed by atoms with Crippen molar-refractivity contribution in [3.05, 3.63) is 88.9 Å². The number of anilines is 3. The monoisotopic (exact) mass is 352 g/mol. The number of halogens is 1. The van der Waals surface area contributed by atoms with E-state index in [4.69, 9.17) is 0 Å². The predicted molar refractivity (Wildman–Crippen MR) is 97.6 cm³/mol. The molecule has 22 heavy (non-hydrogen) atoms. The van der Waals surface area contributed by atoms with Gasteiger partial charge in [-0.1, -0.05) is 52.3 Å². The second kappa shape index (κ2) is 7.14. The molecule has 2 nitrogen and oxygen atoms in total. The number of rotatable bonds is 5. The summed E-state index contributed by atoms with van der Waals surface area (Å²) in [4.78, 5) is 0. The van der Waals surface area contributed by atoms with Crippen molar-refractivity contribution in [2.45, 2.75) is 6.54 Å². The zero-order chi connectivity index (χ0) is 15.2. The highest BCUT2D eigenvalue weighted by molar-refractivity contribution is 9.10. The van der Waals surface area contributed by atoms with Gasteiger partial charge in [-0.15, -0.1) is 0 Å². The van der Waals surface area contributed by atoms with Crippen LogP contribution in [0.2, 0.25) is 0 Å². The van der Waals surface area contributed by atoms with E-state index in [-0.39, 0.29) is 0 Å². The minimum Gasteiger partial charge on any atom is -0.381 e. The smallest absolute Gasteiger partial charge is 0.0411 e. The Hall–Kier alpha value is -2.26. The van der Waals surface area contributed by atoms with Gasteiger partial charge in [-0.2, -0.15) is 0 Å². The van der Waals surface area contributed by atoms with Gasteiger partial charge in [0.15, 0.2) is 0 Å². The summed E-state index contributed by atoms with van der Waals surface area (Å²) < 4.78 is 1.13. The second-order valence-electron chi connectivity index (χ2n) is 5.01. The van der Waals surface area contributed by atoms with Crippen LogP contribution in [-0.2, 0) is 6.54 Å². The van der Waals surface area contributed by atoms with Gasteiger partial charge in [0.1, 0.15) is 0 Å². The Balaban J connectivity index is 1.61. The molecule has 3 aromatic carbocycles. The van der Waals surface area contributed by atoms with Crippen LogP contribution >= 0.6 is 15.9 Å². The Bertz CT molecular complexity index is 724. The maximum absolute atomic E-state index is 3.57. The number of nitrogens with one attached hydrogen (secondary N) is 2. The van der Waals surface area contributed by atoms with Crippen LogP contribution < -0.4 is 10.6 Å². The summed E-state index contributed by atoms with van der Waals surface area (Å²) in [5.41, 5.74) is 4.53. The summed E-state index contributed by atoms with van der Waals surface area (Å²) in [6.45, 7) is 0.798. The minimum atomic E-state index is 0.798. The quantitative estimate of drug-likeness (QED) is 0.605. The summed E-state index contributed by atoms with van der Waals surface area (Å²) in [7, 11) is 0. The molecule has 3 aromatic rings. The number of hydrogen-bond donors (Lipinski definition) is 2. The highest BCUT2D eigenvalue weighted by Gasteiger charge is 1.99. The van der Waals surface area contributed by atoms with Gasteiger partial charge in [0.25, 0.3) is 0 Å². The summed E-state index contributed by atoms with van der Waals surface area (Å²) in [5.74, 6) is 0. The third-order valence-corrected chi connectivity index (χ3v) is 4.16. The van der Waals surface area contributed by atoms with Crippen molar-refractivity contribution in [1.29, 1.82) is 0 Å². The largest absolute Gasteiger partial charge is 0.381 e. The van der Waals surface area contributed by atoms with Gasteiger partial charge in [0.2, 0.25) is 0 Å². The van der Waals surface area contributed by atoms with E-state index >= 15 is 0 Å². The summed E-state index contributed by atoms with van der Waals surface area (Å²) >= 11 is 3.57. The molecule has 0 unspecified atom stereocenters. The van der Waals surface area contributed by atoms with Crippen LogP contribution in [0.3, 0.4) is 0 Å². The molecule has 0 aliphatic carbocycles. The lowest BCUT2D eigenvalue weighted by molar-refractivity contribution is 1.14. The average Bonchev–Trinajstić information content (AvgIpc) is 2.56. The van der Waals surface area contributed by atoms with Gasteiger partial charge in [-0.25, -0.2) is 0 Å². The first-order chi connectivity index (χ1) is 10.8. The Morgan fingerprint density at radius 3 is 1.95 bits per heavy atom. The molecule has 0 heterocycles. The zero-order valence-electron chi connectivity index (χ0n) is 12.1. The molecule has 2 N–H and O–H groups in total. The molecule has 3 rings (SSSR count). The van der Waals surface area contributed by atoms with Crippen LogP contribution in [0.5, 0.6) is 0 Å². The first kappa shape index (κ1) is 14.7. The fourth-order valence-corrected chi connectivity index (χ4v) is 2.62. The number of para-hydroxylation sites is 1. The van der Waals surface area contributed by atoms with Crippen LogP contribution in [-0.4, -0.2) is 0 Å². The zero-order valence-corrected chi connectivity index (χ0v) is 13.7. The molecule has 0 saturated heterocycles. The van der Waals surface area contributed by atoms with Crippen LogP contribution in [0, 0.1) is 0 Å². The van der Waals surface area contributed by atoms with Crippen molar-refractivity contribution < 1.29 is 0 Å². The standard InChI is InChI=1S/C19H17BrN2/c20-19-9-5-4-6-15(19)14-21-16-10-12-18(13-11-16)22-17-7-2-1-3-8-17/h1-13,21-22H,14H2. The summed E-state index contributed by atoms with van der Waals surface area (Å²) in [5, 5.41) is 6.81. The molecular weight excluding hydrogens is 336 g/mol. The lowest BCUT2D eigenvalue weighted by Gasteiger charge is -2.10. The van der Waals surface area contributed by atoms with Crippen LogP contribution in [0.4, 0.5) is 17.1 Å². The lowest BCUT2D eigenvalue weighted by Crippen LogP contribution is -2.00. The van der Waals surface area contributed by atoms with Gasteiger partial charge >= 0.3 is 0 Å². The van der Waals surface area contributed by atoms with Crippen molar-refractivity contribution in [3.63, 3.8) is 0 Å². The van der Waals surface area contributed by atoms with E-state index in [1.807, 2.05) is 24.3 Å². The minimum absolute atomic E-state index is 0.798. The van der Waals surface area contributed by atoms with E-state index in [0.717, 1.165) is 28.1 Å². The van der Waals surface area contributed by atoms with E-state index in [2.05, 4.69) is 81.2 Å². The van der Waals surface area contributed by atoms with Crippen LogP contribution in [0.1, 0.15) is 5.56 Å². The van der Waals surface area contributed by atoms with Crippen LogP contribution in [0.25, 0.3) is 0 Å². The van der Waals surface area contributed by atoms with E-state index < -0.39 is 0 Å². The molecule has 3 heteroatoms. The van der Waals surface area contributed by atoms with Crippen molar-refractivity contribution in [2.24, 2.45) is 0 Å². The van der Waals surface area contributed by atoms with Gasteiger partial charge in [-0.3, -0.25) is 0 Å². The Labute approximate surface area is 139 Å². The molecule has 0 aromatic heterocycles. The molecule has 0 fully saturated rings.